The molecule has 1 fully saturated rings. The smallest absolute Gasteiger partial charge is 0.281 e. The van der Waals surface area contributed by atoms with Crippen LogP contribution in [-0.4, -0.2) is 62.4 Å². The van der Waals surface area contributed by atoms with Gasteiger partial charge in [-0.25, -0.2) is 4.39 Å². The number of nitrogens with zero attached hydrogens (tertiary/aromatic N) is 3. The normalized spacial score (nSPS) is 17.5. The second kappa shape index (κ2) is 6.27. The molecule has 6 nitrogen and oxygen atoms in total. The lowest BCUT2D eigenvalue weighted by molar-refractivity contribution is 0.275. The average Bonchev–Trinajstić information content (AvgIpc) is 2.47. The number of aliphatic hydroxyl groups is 1. The lowest BCUT2D eigenvalue weighted by Gasteiger charge is -2.36. The van der Waals surface area contributed by atoms with E-state index in [4.69, 9.17) is 5.11 Å². The van der Waals surface area contributed by atoms with Gasteiger partial charge >= 0.3 is 0 Å². The zero-order chi connectivity index (χ0) is 15.6. The number of halogens is 1. The van der Waals surface area contributed by atoms with Crippen LogP contribution in [0.1, 0.15) is 5.56 Å². The van der Waals surface area contributed by atoms with Crippen LogP contribution in [0, 0.1) is 5.82 Å². The third-order valence-corrected chi connectivity index (χ3v) is 5.54. The van der Waals surface area contributed by atoms with Gasteiger partial charge in [-0.05, 0) is 6.07 Å². The summed E-state index contributed by atoms with van der Waals surface area (Å²) in [7, 11) is -0.438. The standard InChI is InChI=1S/C13H20FN3O3S/c1-15(2)21(19,20)17-8-6-16(7-9-17)12-5-3-4-11(10-18)13(12)14/h3-5,18H,6-10H2,1-2H3. The molecule has 21 heavy (non-hydrogen) atoms. The van der Waals surface area contributed by atoms with E-state index in [1.807, 2.05) is 0 Å². The first kappa shape index (κ1) is 16.2. The number of rotatable bonds is 4. The van der Waals surface area contributed by atoms with Gasteiger partial charge in [-0.1, -0.05) is 12.1 Å². The molecule has 1 aromatic carbocycles. The highest BCUT2D eigenvalue weighted by molar-refractivity contribution is 7.86. The van der Waals surface area contributed by atoms with E-state index in [9.17, 15) is 12.8 Å². The number of piperazine rings is 1. The molecule has 1 N–H and O–H groups in total. The highest BCUT2D eigenvalue weighted by Crippen LogP contribution is 2.24. The summed E-state index contributed by atoms with van der Waals surface area (Å²) in [5.41, 5.74) is 0.652. The fourth-order valence-electron chi connectivity index (χ4n) is 2.32. The maximum atomic E-state index is 14.2. The van der Waals surface area contributed by atoms with Crippen molar-refractivity contribution in [3.63, 3.8) is 0 Å². The molecular weight excluding hydrogens is 297 g/mol. The number of anilines is 1. The Bertz CT molecular complexity index is 599. The molecule has 118 valence electrons. The van der Waals surface area contributed by atoms with Gasteiger partial charge in [-0.15, -0.1) is 0 Å². The zero-order valence-corrected chi connectivity index (χ0v) is 13.0. The summed E-state index contributed by atoms with van der Waals surface area (Å²) in [6, 6.07) is 4.86. The van der Waals surface area contributed by atoms with E-state index >= 15 is 0 Å². The molecule has 0 bridgehead atoms. The summed E-state index contributed by atoms with van der Waals surface area (Å²) in [5, 5.41) is 9.10. The van der Waals surface area contributed by atoms with Gasteiger partial charge in [0, 0.05) is 45.8 Å². The first-order chi connectivity index (χ1) is 9.87. The first-order valence-corrected chi connectivity index (χ1v) is 8.08. The third kappa shape index (κ3) is 3.18. The van der Waals surface area contributed by atoms with Crippen LogP contribution in [0.5, 0.6) is 0 Å². The molecule has 1 aromatic rings. The van der Waals surface area contributed by atoms with Crippen LogP contribution in [-0.2, 0) is 16.8 Å². The van der Waals surface area contributed by atoms with Crippen molar-refractivity contribution in [2.75, 3.05) is 45.2 Å². The minimum Gasteiger partial charge on any atom is -0.392 e. The molecule has 0 atom stereocenters. The number of hydrogen-bond donors (Lipinski definition) is 1. The van der Waals surface area contributed by atoms with E-state index in [1.54, 1.807) is 17.0 Å². The summed E-state index contributed by atoms with van der Waals surface area (Å²) in [5.74, 6) is -0.441. The molecule has 0 unspecified atom stereocenters. The van der Waals surface area contributed by atoms with E-state index < -0.39 is 16.0 Å². The Kier molecular flexibility index (Phi) is 4.82. The zero-order valence-electron chi connectivity index (χ0n) is 12.2. The van der Waals surface area contributed by atoms with Gasteiger partial charge in [0.1, 0.15) is 0 Å². The first-order valence-electron chi connectivity index (χ1n) is 6.68. The van der Waals surface area contributed by atoms with Crippen LogP contribution in [0.25, 0.3) is 0 Å². The maximum Gasteiger partial charge on any atom is 0.281 e. The fraction of sp³-hybridized carbons (Fsp3) is 0.538. The minimum absolute atomic E-state index is 0.246. The van der Waals surface area contributed by atoms with Crippen molar-refractivity contribution in [2.24, 2.45) is 0 Å². The molecule has 1 aliphatic rings. The molecule has 0 radical (unpaired) electrons. The molecule has 2 rings (SSSR count). The number of hydrogen-bond acceptors (Lipinski definition) is 4. The molecule has 0 aromatic heterocycles. The monoisotopic (exact) mass is 317 g/mol. The lowest BCUT2D eigenvalue weighted by Crippen LogP contribution is -2.51. The van der Waals surface area contributed by atoms with E-state index in [0.717, 1.165) is 0 Å². The van der Waals surface area contributed by atoms with Crippen molar-refractivity contribution in [3.05, 3.63) is 29.6 Å². The van der Waals surface area contributed by atoms with E-state index in [0.29, 0.717) is 31.9 Å². The predicted octanol–water partition coefficient (Wildman–Crippen LogP) is 0.246. The van der Waals surface area contributed by atoms with Crippen LogP contribution >= 0.6 is 0 Å². The van der Waals surface area contributed by atoms with E-state index in [-0.39, 0.29) is 12.2 Å². The second-order valence-electron chi connectivity index (χ2n) is 5.08. The Labute approximate surface area is 124 Å². The van der Waals surface area contributed by atoms with Gasteiger partial charge < -0.3 is 10.0 Å². The number of benzene rings is 1. The summed E-state index contributed by atoms with van der Waals surface area (Å²) < 4.78 is 40.8. The minimum atomic E-state index is -3.42. The largest absolute Gasteiger partial charge is 0.392 e. The van der Waals surface area contributed by atoms with E-state index in [1.165, 1.54) is 28.8 Å². The highest BCUT2D eigenvalue weighted by atomic mass is 32.2. The van der Waals surface area contributed by atoms with Crippen LogP contribution < -0.4 is 4.90 Å². The average molecular weight is 317 g/mol. The van der Waals surface area contributed by atoms with Crippen LogP contribution in [0.3, 0.4) is 0 Å². The van der Waals surface area contributed by atoms with Crippen molar-refractivity contribution >= 4 is 15.9 Å². The molecule has 1 heterocycles. The van der Waals surface area contributed by atoms with Gasteiger partial charge in [0.25, 0.3) is 10.2 Å². The predicted molar refractivity (Wildman–Crippen MR) is 78.7 cm³/mol. The van der Waals surface area contributed by atoms with Crippen LogP contribution in [0.15, 0.2) is 18.2 Å². The summed E-state index contributed by atoms with van der Waals surface area (Å²) in [6.45, 7) is 1.10. The molecule has 8 heteroatoms. The van der Waals surface area contributed by atoms with Gasteiger partial charge in [-0.2, -0.15) is 17.0 Å². The summed E-state index contributed by atoms with van der Waals surface area (Å²) >= 11 is 0. The molecule has 1 aliphatic heterocycles. The second-order valence-corrected chi connectivity index (χ2v) is 7.23. The molecule has 0 aliphatic carbocycles. The van der Waals surface area contributed by atoms with Crippen molar-refractivity contribution in [2.45, 2.75) is 6.61 Å². The SMILES string of the molecule is CN(C)S(=O)(=O)N1CCN(c2cccc(CO)c2F)CC1. The Morgan fingerprint density at radius 2 is 1.86 bits per heavy atom. The molecule has 0 amide bonds. The maximum absolute atomic E-state index is 14.2. The number of aliphatic hydroxyl groups excluding tert-OH is 1. The lowest BCUT2D eigenvalue weighted by atomic mass is 10.1. The van der Waals surface area contributed by atoms with Crippen molar-refractivity contribution < 1.29 is 17.9 Å². The van der Waals surface area contributed by atoms with Gasteiger partial charge in [0.2, 0.25) is 0 Å². The van der Waals surface area contributed by atoms with Gasteiger partial charge in [0.15, 0.2) is 5.82 Å². The van der Waals surface area contributed by atoms with Gasteiger partial charge in [0.05, 0.1) is 12.3 Å². The molecule has 0 spiro atoms. The summed E-state index contributed by atoms with van der Waals surface area (Å²) in [6.07, 6.45) is 0. The van der Waals surface area contributed by atoms with Crippen LogP contribution in [0.4, 0.5) is 10.1 Å². The fourth-order valence-corrected chi connectivity index (χ4v) is 3.41. The van der Waals surface area contributed by atoms with Crippen molar-refractivity contribution in [1.82, 2.24) is 8.61 Å². The Hall–Kier alpha value is -1.22. The van der Waals surface area contributed by atoms with Gasteiger partial charge in [-0.3, -0.25) is 0 Å². The van der Waals surface area contributed by atoms with Crippen molar-refractivity contribution in [3.8, 4) is 0 Å². The highest BCUT2D eigenvalue weighted by Gasteiger charge is 2.29. The summed E-state index contributed by atoms with van der Waals surface area (Å²) in [4.78, 5) is 1.80. The quantitative estimate of drug-likeness (QED) is 0.864. The molecule has 1 saturated heterocycles. The third-order valence-electron chi connectivity index (χ3n) is 3.60. The molecule has 0 saturated carbocycles. The van der Waals surface area contributed by atoms with E-state index in [2.05, 4.69) is 0 Å². The molecular formula is C13H20FN3O3S. The Morgan fingerprint density at radius 3 is 2.38 bits per heavy atom. The topological polar surface area (TPSA) is 64.1 Å². The van der Waals surface area contributed by atoms with Crippen LogP contribution in [0.2, 0.25) is 0 Å². The van der Waals surface area contributed by atoms with Crippen molar-refractivity contribution in [1.29, 1.82) is 0 Å². The Balaban J connectivity index is 2.12. The Morgan fingerprint density at radius 1 is 1.24 bits per heavy atom.